The Morgan fingerprint density at radius 2 is 1.64 bits per heavy atom. The van der Waals surface area contributed by atoms with Gasteiger partial charge in [-0.05, 0) is 66.6 Å². The Bertz CT molecular complexity index is 1630. The summed E-state index contributed by atoms with van der Waals surface area (Å²) in [5.74, 6) is -0.748. The Hall–Kier alpha value is -4.22. The number of aromatic nitrogens is 2. The number of rotatable bonds is 11. The van der Waals surface area contributed by atoms with Crippen LogP contribution in [0.4, 0.5) is 10.2 Å². The van der Waals surface area contributed by atoms with Crippen molar-refractivity contribution in [2.75, 3.05) is 45.1 Å². The van der Waals surface area contributed by atoms with Gasteiger partial charge < -0.3 is 20.9 Å². The number of β-amino-alcohol motifs (C(OH)–C–C–N with tert-alkyl or cyclic N) is 1. The fourth-order valence-corrected chi connectivity index (χ4v) is 6.58. The van der Waals surface area contributed by atoms with Crippen molar-refractivity contribution in [1.29, 1.82) is 0 Å². The van der Waals surface area contributed by atoms with E-state index in [9.17, 15) is 14.3 Å². The highest BCUT2D eigenvalue weighted by molar-refractivity contribution is 5.99. The lowest BCUT2D eigenvalue weighted by Gasteiger charge is -2.38. The molecule has 1 aliphatic heterocycles. The lowest BCUT2D eigenvalue weighted by molar-refractivity contribution is 0.0272. The molecule has 2 aromatic heterocycles. The van der Waals surface area contributed by atoms with E-state index in [1.807, 2.05) is 0 Å². The highest BCUT2D eigenvalue weighted by Gasteiger charge is 2.30. The molecule has 2 aromatic carbocycles. The van der Waals surface area contributed by atoms with Gasteiger partial charge in [-0.2, -0.15) is 4.39 Å². The zero-order valence-corrected chi connectivity index (χ0v) is 26.8. The largest absolute Gasteiger partial charge is 0.395 e. The van der Waals surface area contributed by atoms with Gasteiger partial charge in [0.15, 0.2) is 0 Å². The first-order valence-electron chi connectivity index (χ1n) is 16.4. The van der Waals surface area contributed by atoms with E-state index in [4.69, 9.17) is 10.5 Å². The molecule has 2 fully saturated rings. The van der Waals surface area contributed by atoms with Crippen LogP contribution < -0.4 is 11.1 Å². The highest BCUT2D eigenvalue weighted by Crippen LogP contribution is 2.28. The summed E-state index contributed by atoms with van der Waals surface area (Å²) >= 11 is 0. The number of halogens is 1. The molecule has 1 unspecified atom stereocenters. The Kier molecular flexibility index (Phi) is 10.5. The number of piperazine rings is 1. The summed E-state index contributed by atoms with van der Waals surface area (Å²) in [5, 5.41) is 12.3. The maximum Gasteiger partial charge on any atom is 0.255 e. The average molecular weight is 639 g/mol. The molecule has 4 aromatic rings. The topological polar surface area (TPSA) is 117 Å². The predicted molar refractivity (Wildman–Crippen MR) is 181 cm³/mol. The van der Waals surface area contributed by atoms with Crippen molar-refractivity contribution in [3.63, 3.8) is 0 Å². The van der Waals surface area contributed by atoms with Gasteiger partial charge in [0.2, 0.25) is 5.95 Å². The molecule has 1 saturated heterocycles. The van der Waals surface area contributed by atoms with Crippen LogP contribution in [0.25, 0.3) is 22.3 Å². The van der Waals surface area contributed by atoms with Crippen LogP contribution >= 0.6 is 0 Å². The number of hydrogen-bond donors (Lipinski definition) is 3. The average Bonchev–Trinajstić information content (AvgIpc) is 3.55. The first kappa shape index (κ1) is 32.7. The molecule has 6 rings (SSSR count). The van der Waals surface area contributed by atoms with Crippen molar-refractivity contribution in [3.8, 4) is 22.3 Å². The fraction of sp³-hybridized carbons (Fsp3) is 0.378. The molecular weight excluding hydrogens is 595 g/mol. The summed E-state index contributed by atoms with van der Waals surface area (Å²) < 4.78 is 19.6. The SMILES string of the molecule is CC(c1ccc(-c2ccc(CO[C@H]3CCC[C@@H]3NC(=O)c3cc(-c4ccc(F)nc4)cnc3N)cc2)cc1)N1CCN(CCO)CC1. The maximum atomic E-state index is 13.3. The third-order valence-electron chi connectivity index (χ3n) is 9.51. The Morgan fingerprint density at radius 3 is 2.32 bits per heavy atom. The molecule has 1 aliphatic carbocycles. The zero-order chi connectivity index (χ0) is 32.8. The van der Waals surface area contributed by atoms with E-state index in [1.165, 1.54) is 23.4 Å². The van der Waals surface area contributed by atoms with Crippen molar-refractivity contribution in [2.45, 2.75) is 51.0 Å². The van der Waals surface area contributed by atoms with Crippen LogP contribution in [0.3, 0.4) is 0 Å². The molecule has 246 valence electrons. The molecule has 0 radical (unpaired) electrons. The van der Waals surface area contributed by atoms with Gasteiger partial charge in [-0.25, -0.2) is 9.97 Å². The minimum atomic E-state index is -0.574. The summed E-state index contributed by atoms with van der Waals surface area (Å²) in [6, 6.07) is 22.0. The molecule has 2 aliphatic rings. The van der Waals surface area contributed by atoms with E-state index >= 15 is 0 Å². The number of ether oxygens (including phenoxy) is 1. The molecule has 3 heterocycles. The Labute approximate surface area is 275 Å². The van der Waals surface area contributed by atoms with Crippen LogP contribution in [-0.2, 0) is 11.3 Å². The number of carbonyl (C=O) groups is 1. The lowest BCUT2D eigenvalue weighted by atomic mass is 9.99. The van der Waals surface area contributed by atoms with Crippen LogP contribution in [0, 0.1) is 5.95 Å². The number of amides is 1. The summed E-state index contributed by atoms with van der Waals surface area (Å²) in [5.41, 5.74) is 12.3. The quantitative estimate of drug-likeness (QED) is 0.195. The predicted octanol–water partition coefficient (Wildman–Crippen LogP) is 5.07. The molecule has 0 bridgehead atoms. The molecule has 3 atom stereocenters. The van der Waals surface area contributed by atoms with Crippen molar-refractivity contribution in [2.24, 2.45) is 0 Å². The molecule has 4 N–H and O–H groups in total. The first-order valence-corrected chi connectivity index (χ1v) is 16.4. The molecule has 1 amide bonds. The number of carbonyl (C=O) groups excluding carboxylic acids is 1. The Morgan fingerprint density at radius 1 is 0.957 bits per heavy atom. The van der Waals surface area contributed by atoms with Gasteiger partial charge in [-0.3, -0.25) is 14.6 Å². The number of anilines is 1. The van der Waals surface area contributed by atoms with Crippen molar-refractivity contribution < 1.29 is 19.0 Å². The van der Waals surface area contributed by atoms with Crippen LogP contribution in [0.5, 0.6) is 0 Å². The second-order valence-electron chi connectivity index (χ2n) is 12.5. The number of nitrogens with two attached hydrogens (primary N) is 1. The van der Waals surface area contributed by atoms with E-state index in [-0.39, 0.29) is 36.0 Å². The van der Waals surface area contributed by atoms with E-state index in [2.05, 4.69) is 80.5 Å². The van der Waals surface area contributed by atoms with Crippen LogP contribution in [0.2, 0.25) is 0 Å². The highest BCUT2D eigenvalue weighted by atomic mass is 19.1. The molecule has 9 nitrogen and oxygen atoms in total. The molecule has 47 heavy (non-hydrogen) atoms. The van der Waals surface area contributed by atoms with E-state index in [0.29, 0.717) is 23.8 Å². The van der Waals surface area contributed by atoms with Crippen molar-refractivity contribution in [3.05, 3.63) is 102 Å². The fourth-order valence-electron chi connectivity index (χ4n) is 6.58. The number of benzene rings is 2. The maximum absolute atomic E-state index is 13.3. The number of aliphatic hydroxyl groups excluding tert-OH is 1. The smallest absolute Gasteiger partial charge is 0.255 e. The monoisotopic (exact) mass is 638 g/mol. The van der Waals surface area contributed by atoms with E-state index in [1.54, 1.807) is 18.3 Å². The van der Waals surface area contributed by atoms with Crippen molar-refractivity contribution >= 4 is 11.7 Å². The normalized spacial score (nSPS) is 19.5. The Balaban J connectivity index is 1.01. The first-order chi connectivity index (χ1) is 22.9. The summed E-state index contributed by atoms with van der Waals surface area (Å²) in [6.07, 6.45) is 5.48. The number of nitrogens with one attached hydrogen (secondary N) is 1. The van der Waals surface area contributed by atoms with E-state index < -0.39 is 5.95 Å². The third kappa shape index (κ3) is 8.02. The number of nitrogen functional groups attached to an aromatic ring is 1. The van der Waals surface area contributed by atoms with Crippen LogP contribution in [0.15, 0.2) is 79.1 Å². The summed E-state index contributed by atoms with van der Waals surface area (Å²) in [4.78, 5) is 26.0. The van der Waals surface area contributed by atoms with Gasteiger partial charge in [-0.15, -0.1) is 0 Å². The van der Waals surface area contributed by atoms with Gasteiger partial charge >= 0.3 is 0 Å². The summed E-state index contributed by atoms with van der Waals surface area (Å²) in [6.45, 7) is 7.71. The molecule has 0 spiro atoms. The van der Waals surface area contributed by atoms with Gasteiger partial charge in [0.05, 0.1) is 30.9 Å². The third-order valence-corrected chi connectivity index (χ3v) is 9.51. The molecule has 10 heteroatoms. The zero-order valence-electron chi connectivity index (χ0n) is 26.8. The molecule has 1 saturated carbocycles. The number of pyridine rings is 2. The minimum Gasteiger partial charge on any atom is -0.395 e. The lowest BCUT2D eigenvalue weighted by Crippen LogP contribution is -2.47. The van der Waals surface area contributed by atoms with Gasteiger partial charge in [0, 0.05) is 62.3 Å². The second-order valence-corrected chi connectivity index (χ2v) is 12.5. The van der Waals surface area contributed by atoms with Crippen LogP contribution in [0.1, 0.15) is 53.7 Å². The van der Waals surface area contributed by atoms with Crippen molar-refractivity contribution in [1.82, 2.24) is 25.1 Å². The minimum absolute atomic E-state index is 0.107. The van der Waals surface area contributed by atoms with Gasteiger partial charge in [0.1, 0.15) is 5.82 Å². The number of nitrogens with zero attached hydrogens (tertiary/aromatic N) is 4. The standard InChI is InChI=1S/C37H43FN6O3/c1-25(44-17-15-43(16-18-44)19-20-45)27-9-11-29(12-10-27)28-7-5-26(6-8-28)24-47-34-4-2-3-33(34)42-37(46)32-21-31(23-41-36(32)39)30-13-14-35(38)40-22-30/h5-14,21-23,25,33-34,45H,2-4,15-20,24H2,1H3,(H2,39,41)(H,42,46)/t25?,33-,34-/m0/s1. The number of hydrogen-bond acceptors (Lipinski definition) is 8. The van der Waals surface area contributed by atoms with E-state index in [0.717, 1.165) is 63.1 Å². The van der Waals surface area contributed by atoms with Gasteiger partial charge in [-0.1, -0.05) is 48.5 Å². The summed E-state index contributed by atoms with van der Waals surface area (Å²) in [7, 11) is 0. The van der Waals surface area contributed by atoms with Gasteiger partial charge in [0.25, 0.3) is 5.91 Å². The number of aliphatic hydroxyl groups is 1. The second kappa shape index (κ2) is 15.1. The van der Waals surface area contributed by atoms with Crippen LogP contribution in [-0.4, -0.2) is 82.3 Å². The molecular formula is C37H43FN6O3.